The van der Waals surface area contributed by atoms with Crippen molar-refractivity contribution >= 4 is 23.0 Å². The normalized spacial score (nSPS) is 18.7. The van der Waals surface area contributed by atoms with Crippen LogP contribution in [0.15, 0.2) is 72.9 Å². The zero-order valence-electron chi connectivity index (χ0n) is 19.2. The van der Waals surface area contributed by atoms with Gasteiger partial charge in [0.2, 0.25) is 6.79 Å². The van der Waals surface area contributed by atoms with Gasteiger partial charge in [0.05, 0.1) is 23.5 Å². The Bertz CT molecular complexity index is 1440. The van der Waals surface area contributed by atoms with Crippen molar-refractivity contribution in [3.8, 4) is 17.2 Å². The van der Waals surface area contributed by atoms with Crippen LogP contribution in [-0.4, -0.2) is 21.5 Å². The molecular formula is C27H23FN4O2S. The van der Waals surface area contributed by atoms with E-state index < -0.39 is 0 Å². The third-order valence-corrected chi connectivity index (χ3v) is 6.93. The minimum atomic E-state index is -0.326. The number of hydrogen-bond acceptors (Lipinski definition) is 4. The van der Waals surface area contributed by atoms with E-state index in [1.165, 1.54) is 6.07 Å². The summed E-state index contributed by atoms with van der Waals surface area (Å²) in [5.41, 5.74) is 5.35. The first-order chi connectivity index (χ1) is 17.0. The number of rotatable bonds is 4. The van der Waals surface area contributed by atoms with Gasteiger partial charge in [0.1, 0.15) is 5.82 Å². The Balaban J connectivity index is 1.51. The van der Waals surface area contributed by atoms with Crippen molar-refractivity contribution in [2.75, 3.05) is 11.7 Å². The molecule has 0 aliphatic carbocycles. The quantitative estimate of drug-likeness (QED) is 0.383. The Labute approximate surface area is 207 Å². The lowest BCUT2D eigenvalue weighted by atomic mass is 9.96. The maximum atomic E-state index is 15.0. The number of thiocarbonyl (C=S) groups is 1. The molecule has 1 N–H and O–H groups in total. The fourth-order valence-corrected chi connectivity index (χ4v) is 5.43. The van der Waals surface area contributed by atoms with Gasteiger partial charge in [-0.15, -0.1) is 0 Å². The predicted octanol–water partition coefficient (Wildman–Crippen LogP) is 5.53. The third-order valence-electron chi connectivity index (χ3n) is 6.61. The number of ether oxygens (including phenoxy) is 2. The summed E-state index contributed by atoms with van der Waals surface area (Å²) in [5, 5.41) is 3.87. The highest BCUT2D eigenvalue weighted by molar-refractivity contribution is 7.80. The van der Waals surface area contributed by atoms with E-state index in [1.54, 1.807) is 18.3 Å². The molecule has 1 fully saturated rings. The van der Waals surface area contributed by atoms with Gasteiger partial charge in [0, 0.05) is 29.3 Å². The maximum Gasteiger partial charge on any atom is 0.231 e. The summed E-state index contributed by atoms with van der Waals surface area (Å²) >= 11 is 5.75. The number of aryl methyl sites for hydroxylation is 1. The molecule has 4 heterocycles. The van der Waals surface area contributed by atoms with Crippen molar-refractivity contribution in [3.05, 3.63) is 101 Å². The Morgan fingerprint density at radius 3 is 2.60 bits per heavy atom. The molecule has 2 atom stereocenters. The van der Waals surface area contributed by atoms with E-state index in [0.717, 1.165) is 39.8 Å². The molecule has 4 aromatic rings. The van der Waals surface area contributed by atoms with Crippen LogP contribution < -0.4 is 19.7 Å². The highest BCUT2D eigenvalue weighted by atomic mass is 32.1. The smallest absolute Gasteiger partial charge is 0.231 e. The number of halogens is 1. The van der Waals surface area contributed by atoms with Gasteiger partial charge < -0.3 is 24.3 Å². The molecule has 35 heavy (non-hydrogen) atoms. The average molecular weight is 487 g/mol. The number of nitrogens with one attached hydrogen (secondary N) is 1. The van der Waals surface area contributed by atoms with Crippen LogP contribution in [0, 0.1) is 19.7 Å². The lowest BCUT2D eigenvalue weighted by molar-refractivity contribution is 0.174. The lowest BCUT2D eigenvalue weighted by Crippen LogP contribution is -2.30. The van der Waals surface area contributed by atoms with E-state index >= 15 is 4.39 Å². The Kier molecular flexibility index (Phi) is 5.18. The van der Waals surface area contributed by atoms with E-state index in [-0.39, 0.29) is 24.7 Å². The van der Waals surface area contributed by atoms with E-state index in [4.69, 9.17) is 21.7 Å². The van der Waals surface area contributed by atoms with Gasteiger partial charge in [0.15, 0.2) is 16.6 Å². The molecule has 0 saturated carbocycles. The minimum Gasteiger partial charge on any atom is -0.454 e. The number of para-hydroxylation sites is 1. The zero-order chi connectivity index (χ0) is 24.1. The summed E-state index contributed by atoms with van der Waals surface area (Å²) in [4.78, 5) is 6.47. The first-order valence-corrected chi connectivity index (χ1v) is 11.8. The summed E-state index contributed by atoms with van der Waals surface area (Å²) in [6.07, 6.45) is 1.76. The van der Waals surface area contributed by atoms with Crippen LogP contribution in [0.2, 0.25) is 0 Å². The Morgan fingerprint density at radius 1 is 1.00 bits per heavy atom. The molecule has 176 valence electrons. The Hall–Kier alpha value is -3.91. The number of anilines is 1. The summed E-state index contributed by atoms with van der Waals surface area (Å²) in [6, 6.07) is 20.0. The summed E-state index contributed by atoms with van der Waals surface area (Å²) in [6.45, 7) is 4.36. The molecule has 0 bridgehead atoms. The van der Waals surface area contributed by atoms with Crippen LogP contribution >= 0.6 is 12.2 Å². The molecule has 0 amide bonds. The molecule has 0 spiro atoms. The van der Waals surface area contributed by atoms with E-state index in [0.29, 0.717) is 10.8 Å². The first kappa shape index (κ1) is 21.6. The fourth-order valence-electron chi connectivity index (χ4n) is 5.09. The van der Waals surface area contributed by atoms with Crippen LogP contribution in [0.1, 0.15) is 34.7 Å². The van der Waals surface area contributed by atoms with Crippen LogP contribution in [0.3, 0.4) is 0 Å². The molecule has 2 aromatic carbocycles. The standard InChI is InChI=1S/C27H23FN4O2S/c1-16-13-19(17(2)31(16)18-10-11-23-24(14-18)34-15-33-23)26-25(21-8-5-6-12-29-21)30-27(35)32(26)22-9-4-3-7-20(22)28/h3-14,25-26H,15H2,1-2H3,(H,30,35). The molecule has 6 rings (SSSR count). The molecule has 8 heteroatoms. The van der Waals surface area contributed by atoms with Gasteiger partial charge in [-0.2, -0.15) is 0 Å². The summed E-state index contributed by atoms with van der Waals surface area (Å²) in [5.74, 6) is 1.13. The average Bonchev–Trinajstić information content (AvgIpc) is 3.55. The van der Waals surface area contributed by atoms with Crippen molar-refractivity contribution in [1.82, 2.24) is 14.9 Å². The largest absolute Gasteiger partial charge is 0.454 e. The van der Waals surface area contributed by atoms with Gasteiger partial charge in [-0.25, -0.2) is 4.39 Å². The molecule has 0 radical (unpaired) electrons. The first-order valence-electron chi connectivity index (χ1n) is 11.4. The molecule has 2 unspecified atom stereocenters. The molecule has 1 saturated heterocycles. The van der Waals surface area contributed by atoms with E-state index in [9.17, 15) is 0 Å². The third kappa shape index (κ3) is 3.52. The monoisotopic (exact) mass is 486 g/mol. The van der Waals surface area contributed by atoms with Crippen molar-refractivity contribution < 1.29 is 13.9 Å². The van der Waals surface area contributed by atoms with Gasteiger partial charge in [-0.05, 0) is 74.1 Å². The lowest BCUT2D eigenvalue weighted by Gasteiger charge is -2.28. The molecule has 2 aromatic heterocycles. The maximum absolute atomic E-state index is 15.0. The number of nitrogens with zero attached hydrogens (tertiary/aromatic N) is 3. The topological polar surface area (TPSA) is 51.6 Å². The van der Waals surface area contributed by atoms with Crippen LogP contribution in [0.25, 0.3) is 5.69 Å². The van der Waals surface area contributed by atoms with Crippen molar-refractivity contribution in [2.24, 2.45) is 0 Å². The van der Waals surface area contributed by atoms with Crippen molar-refractivity contribution in [2.45, 2.75) is 25.9 Å². The van der Waals surface area contributed by atoms with Gasteiger partial charge in [-0.3, -0.25) is 4.98 Å². The fraction of sp³-hybridized carbons (Fsp3) is 0.185. The molecule has 6 nitrogen and oxygen atoms in total. The van der Waals surface area contributed by atoms with Gasteiger partial charge in [-0.1, -0.05) is 18.2 Å². The molecule has 2 aliphatic rings. The molecule has 2 aliphatic heterocycles. The second-order valence-electron chi connectivity index (χ2n) is 8.65. The van der Waals surface area contributed by atoms with Crippen molar-refractivity contribution in [1.29, 1.82) is 0 Å². The van der Waals surface area contributed by atoms with Crippen LogP contribution in [0.4, 0.5) is 10.1 Å². The van der Waals surface area contributed by atoms with E-state index in [1.807, 2.05) is 47.4 Å². The SMILES string of the molecule is Cc1cc(C2C(c3ccccn3)NC(=S)N2c2ccccc2F)c(C)n1-c1ccc2c(c1)OCO2. The van der Waals surface area contributed by atoms with Crippen LogP contribution in [-0.2, 0) is 0 Å². The highest BCUT2D eigenvalue weighted by Crippen LogP contribution is 2.44. The Morgan fingerprint density at radius 2 is 1.80 bits per heavy atom. The molecular weight excluding hydrogens is 463 g/mol. The van der Waals surface area contributed by atoms with Crippen LogP contribution in [0.5, 0.6) is 11.5 Å². The van der Waals surface area contributed by atoms with Gasteiger partial charge in [0.25, 0.3) is 0 Å². The highest BCUT2D eigenvalue weighted by Gasteiger charge is 2.43. The summed E-state index contributed by atoms with van der Waals surface area (Å²) < 4.78 is 28.3. The van der Waals surface area contributed by atoms with E-state index in [2.05, 4.69) is 34.8 Å². The number of aromatic nitrogens is 2. The number of benzene rings is 2. The second kappa shape index (κ2) is 8.39. The minimum absolute atomic E-state index is 0.224. The zero-order valence-corrected chi connectivity index (χ0v) is 20.1. The second-order valence-corrected chi connectivity index (χ2v) is 9.03. The number of fused-ring (bicyclic) bond motifs is 1. The predicted molar refractivity (Wildman–Crippen MR) is 136 cm³/mol. The number of pyridine rings is 1. The van der Waals surface area contributed by atoms with Gasteiger partial charge >= 0.3 is 0 Å². The summed E-state index contributed by atoms with van der Waals surface area (Å²) in [7, 11) is 0. The number of hydrogen-bond donors (Lipinski definition) is 1. The van der Waals surface area contributed by atoms with Crippen molar-refractivity contribution in [3.63, 3.8) is 0 Å².